The Hall–Kier alpha value is -2.67. The molecule has 2 aromatic rings. The van der Waals surface area contributed by atoms with E-state index in [2.05, 4.69) is 10.6 Å². The Morgan fingerprint density at radius 3 is 2.39 bits per heavy atom. The molecular weight excluding hydrogens is 412 g/mol. The fraction of sp³-hybridized carbons (Fsp3) is 0.458. The highest BCUT2D eigenvalue weighted by atomic mass is 32.1. The standard InChI is InChI=1S/C24H30N2O4S/c1-3-19-15-20(22(28)25-14-13-16-7-5-4-6-8-16)23(31-19)26-21(27)17-9-11-18(12-10-17)24(29)30-2/h4-8,15,17-18H,3,9-14H2,1-2H3,(H,25,28)(H,26,27). The van der Waals surface area contributed by atoms with Crippen molar-refractivity contribution in [3.05, 3.63) is 52.4 Å². The molecule has 1 heterocycles. The van der Waals surface area contributed by atoms with Crippen LogP contribution in [0.3, 0.4) is 0 Å². The zero-order valence-electron chi connectivity index (χ0n) is 18.1. The minimum absolute atomic E-state index is 0.0776. The van der Waals surface area contributed by atoms with E-state index in [1.807, 2.05) is 43.3 Å². The Balaban J connectivity index is 1.58. The van der Waals surface area contributed by atoms with Crippen LogP contribution in [0.1, 0.15) is 53.4 Å². The maximum absolute atomic E-state index is 12.8. The Kier molecular flexibility index (Phi) is 8.23. The van der Waals surface area contributed by atoms with Crippen molar-refractivity contribution in [1.82, 2.24) is 5.32 Å². The molecule has 1 saturated carbocycles. The van der Waals surface area contributed by atoms with E-state index in [1.54, 1.807) is 0 Å². The van der Waals surface area contributed by atoms with Gasteiger partial charge in [-0.05, 0) is 50.2 Å². The molecule has 1 aromatic carbocycles. The van der Waals surface area contributed by atoms with E-state index in [9.17, 15) is 14.4 Å². The Morgan fingerprint density at radius 1 is 1.06 bits per heavy atom. The van der Waals surface area contributed by atoms with Crippen molar-refractivity contribution in [3.63, 3.8) is 0 Å². The van der Waals surface area contributed by atoms with E-state index in [0.717, 1.165) is 17.7 Å². The molecule has 31 heavy (non-hydrogen) atoms. The van der Waals surface area contributed by atoms with E-state index >= 15 is 0 Å². The van der Waals surface area contributed by atoms with Crippen LogP contribution in [0.2, 0.25) is 0 Å². The number of methoxy groups -OCH3 is 1. The van der Waals surface area contributed by atoms with E-state index in [0.29, 0.717) is 42.8 Å². The lowest BCUT2D eigenvalue weighted by Gasteiger charge is -2.26. The lowest BCUT2D eigenvalue weighted by atomic mass is 9.81. The van der Waals surface area contributed by atoms with Crippen LogP contribution in [0.25, 0.3) is 0 Å². The van der Waals surface area contributed by atoms with Crippen molar-refractivity contribution in [2.45, 2.75) is 45.4 Å². The van der Waals surface area contributed by atoms with E-state index in [4.69, 9.17) is 4.74 Å². The third-order valence-corrected chi connectivity index (χ3v) is 6.98. The average Bonchev–Trinajstić information content (AvgIpc) is 3.22. The molecule has 6 nitrogen and oxygen atoms in total. The van der Waals surface area contributed by atoms with Crippen LogP contribution in [0.5, 0.6) is 0 Å². The second-order valence-electron chi connectivity index (χ2n) is 7.86. The van der Waals surface area contributed by atoms with Crippen molar-refractivity contribution in [2.24, 2.45) is 11.8 Å². The number of ether oxygens (including phenoxy) is 1. The summed E-state index contributed by atoms with van der Waals surface area (Å²) in [7, 11) is 1.40. The van der Waals surface area contributed by atoms with Crippen molar-refractivity contribution in [2.75, 3.05) is 19.0 Å². The van der Waals surface area contributed by atoms with E-state index < -0.39 is 0 Å². The number of benzene rings is 1. The zero-order chi connectivity index (χ0) is 22.2. The number of amides is 2. The third-order valence-electron chi connectivity index (χ3n) is 5.79. The third kappa shape index (κ3) is 6.17. The average molecular weight is 443 g/mol. The first-order valence-corrected chi connectivity index (χ1v) is 11.7. The molecule has 7 heteroatoms. The predicted octanol–water partition coefficient (Wildman–Crippen LogP) is 4.20. The van der Waals surface area contributed by atoms with Gasteiger partial charge in [-0.1, -0.05) is 37.3 Å². The summed E-state index contributed by atoms with van der Waals surface area (Å²) in [6.45, 7) is 2.56. The fourth-order valence-electron chi connectivity index (χ4n) is 3.91. The minimum Gasteiger partial charge on any atom is -0.469 e. The number of nitrogens with one attached hydrogen (secondary N) is 2. The number of hydrogen-bond donors (Lipinski definition) is 2. The molecule has 0 saturated heterocycles. The zero-order valence-corrected chi connectivity index (χ0v) is 18.9. The Labute approximate surface area is 187 Å². The predicted molar refractivity (Wildman–Crippen MR) is 122 cm³/mol. The lowest BCUT2D eigenvalue weighted by Crippen LogP contribution is -2.31. The molecule has 1 aliphatic rings. The molecule has 166 valence electrons. The molecule has 0 radical (unpaired) electrons. The summed E-state index contributed by atoms with van der Waals surface area (Å²) in [6.07, 6.45) is 4.16. The van der Waals surface area contributed by atoms with Crippen molar-refractivity contribution < 1.29 is 19.1 Å². The van der Waals surface area contributed by atoms with Gasteiger partial charge >= 0.3 is 5.97 Å². The molecule has 0 spiro atoms. The molecule has 1 aliphatic carbocycles. The number of aryl methyl sites for hydroxylation is 1. The van der Waals surface area contributed by atoms with Crippen molar-refractivity contribution >= 4 is 34.1 Å². The van der Waals surface area contributed by atoms with E-state index in [1.165, 1.54) is 24.0 Å². The summed E-state index contributed by atoms with van der Waals surface area (Å²) in [5.74, 6) is -0.711. The molecular formula is C24H30N2O4S. The highest BCUT2D eigenvalue weighted by Gasteiger charge is 2.31. The topological polar surface area (TPSA) is 84.5 Å². The molecule has 0 aliphatic heterocycles. The smallest absolute Gasteiger partial charge is 0.308 e. The van der Waals surface area contributed by atoms with Gasteiger partial charge in [-0.2, -0.15) is 0 Å². The molecule has 0 unspecified atom stereocenters. The summed E-state index contributed by atoms with van der Waals surface area (Å²) in [5.41, 5.74) is 1.69. The molecule has 1 aromatic heterocycles. The van der Waals surface area contributed by atoms with Crippen LogP contribution >= 0.6 is 11.3 Å². The molecule has 3 rings (SSSR count). The minimum atomic E-state index is -0.195. The lowest BCUT2D eigenvalue weighted by molar-refractivity contribution is -0.147. The van der Waals surface area contributed by atoms with Gasteiger partial charge in [0.15, 0.2) is 0 Å². The van der Waals surface area contributed by atoms with Crippen LogP contribution in [0.15, 0.2) is 36.4 Å². The summed E-state index contributed by atoms with van der Waals surface area (Å²) >= 11 is 1.45. The summed E-state index contributed by atoms with van der Waals surface area (Å²) in [6, 6.07) is 11.9. The number of rotatable bonds is 8. The first-order chi connectivity index (χ1) is 15.0. The summed E-state index contributed by atoms with van der Waals surface area (Å²) in [5, 5.41) is 6.56. The SMILES string of the molecule is CCc1cc(C(=O)NCCc2ccccc2)c(NC(=O)C2CCC(C(=O)OC)CC2)s1. The molecule has 2 N–H and O–H groups in total. The van der Waals surface area contributed by atoms with E-state index in [-0.39, 0.29) is 29.6 Å². The van der Waals surface area contributed by atoms with Gasteiger partial charge < -0.3 is 15.4 Å². The first kappa shape index (κ1) is 23.0. The van der Waals surface area contributed by atoms with Gasteiger partial charge in [0.05, 0.1) is 18.6 Å². The van der Waals surface area contributed by atoms with Gasteiger partial charge in [-0.25, -0.2) is 0 Å². The number of esters is 1. The maximum Gasteiger partial charge on any atom is 0.308 e. The second-order valence-corrected chi connectivity index (χ2v) is 9.00. The Morgan fingerprint density at radius 2 is 1.74 bits per heavy atom. The summed E-state index contributed by atoms with van der Waals surface area (Å²) < 4.78 is 4.82. The monoisotopic (exact) mass is 442 g/mol. The van der Waals surface area contributed by atoms with Crippen LogP contribution in [0.4, 0.5) is 5.00 Å². The van der Waals surface area contributed by atoms with Crippen LogP contribution in [-0.2, 0) is 27.2 Å². The summed E-state index contributed by atoms with van der Waals surface area (Å²) in [4.78, 5) is 38.4. The number of thiophene rings is 1. The van der Waals surface area contributed by atoms with Gasteiger partial charge in [-0.15, -0.1) is 11.3 Å². The second kappa shape index (κ2) is 11.1. The van der Waals surface area contributed by atoms with Crippen LogP contribution < -0.4 is 10.6 Å². The number of carbonyl (C=O) groups excluding carboxylic acids is 3. The van der Waals surface area contributed by atoms with Gasteiger partial charge in [0, 0.05) is 17.3 Å². The fourth-order valence-corrected chi connectivity index (χ4v) is 4.91. The number of carbonyl (C=O) groups is 3. The number of hydrogen-bond acceptors (Lipinski definition) is 5. The molecule has 1 fully saturated rings. The number of anilines is 1. The van der Waals surface area contributed by atoms with Gasteiger partial charge in [0.25, 0.3) is 5.91 Å². The van der Waals surface area contributed by atoms with Crippen molar-refractivity contribution in [1.29, 1.82) is 0 Å². The first-order valence-electron chi connectivity index (χ1n) is 10.8. The van der Waals surface area contributed by atoms with Crippen LogP contribution in [-0.4, -0.2) is 31.4 Å². The Bertz CT molecular complexity index is 902. The quantitative estimate of drug-likeness (QED) is 0.600. The molecule has 2 amide bonds. The van der Waals surface area contributed by atoms with Crippen LogP contribution in [0, 0.1) is 11.8 Å². The van der Waals surface area contributed by atoms with Crippen molar-refractivity contribution in [3.8, 4) is 0 Å². The van der Waals surface area contributed by atoms with Gasteiger partial charge in [-0.3, -0.25) is 14.4 Å². The highest BCUT2D eigenvalue weighted by Crippen LogP contribution is 2.33. The van der Waals surface area contributed by atoms with Gasteiger partial charge in [0.2, 0.25) is 5.91 Å². The largest absolute Gasteiger partial charge is 0.469 e. The normalized spacial score (nSPS) is 18.3. The maximum atomic E-state index is 12.8. The highest BCUT2D eigenvalue weighted by molar-refractivity contribution is 7.16. The van der Waals surface area contributed by atoms with Gasteiger partial charge in [0.1, 0.15) is 5.00 Å². The molecule has 0 atom stereocenters. The molecule has 0 bridgehead atoms.